The van der Waals surface area contributed by atoms with Gasteiger partial charge in [0.2, 0.25) is 0 Å². The minimum absolute atomic E-state index is 0.580. The number of aryl methyl sites for hydroxylation is 2. The minimum Gasteiger partial charge on any atom is -0.383 e. The van der Waals surface area contributed by atoms with Crippen LogP contribution in [-0.4, -0.2) is 9.55 Å². The molecule has 0 aliphatic heterocycles. The third kappa shape index (κ3) is 2.13. The van der Waals surface area contributed by atoms with Crippen LogP contribution in [0.1, 0.15) is 35.7 Å². The molecule has 3 heteroatoms. The van der Waals surface area contributed by atoms with Crippen molar-refractivity contribution < 1.29 is 0 Å². The highest BCUT2D eigenvalue weighted by Crippen LogP contribution is 2.42. The Kier molecular flexibility index (Phi) is 3.13. The molecule has 0 saturated heterocycles. The number of anilines is 1. The second kappa shape index (κ2) is 4.82. The highest BCUT2D eigenvalue weighted by atomic mass is 15.1. The molecule has 0 spiro atoms. The summed E-state index contributed by atoms with van der Waals surface area (Å²) in [6.07, 6.45) is 4.33. The number of benzene rings is 1. The zero-order chi connectivity index (χ0) is 14.3. The smallest absolute Gasteiger partial charge is 0.132 e. The number of nitrogens with zero attached hydrogens (tertiary/aromatic N) is 2. The summed E-state index contributed by atoms with van der Waals surface area (Å²) >= 11 is 0. The SMILES string of the molecule is C=CCn1c(C2CC2)nc(-c2cc(C)ccc2C)c1N. The summed E-state index contributed by atoms with van der Waals surface area (Å²) in [4.78, 5) is 4.85. The van der Waals surface area contributed by atoms with Gasteiger partial charge in [-0.1, -0.05) is 23.8 Å². The van der Waals surface area contributed by atoms with E-state index in [1.165, 1.54) is 24.0 Å². The molecule has 0 unspecified atom stereocenters. The molecule has 0 radical (unpaired) electrons. The van der Waals surface area contributed by atoms with Crippen molar-refractivity contribution in [3.8, 4) is 11.3 Å². The standard InChI is InChI=1S/C17H21N3/c1-4-9-20-16(18)15(19-17(20)13-7-8-13)14-10-11(2)5-6-12(14)3/h4-6,10,13H,1,7-9,18H2,2-3H3. The zero-order valence-electron chi connectivity index (χ0n) is 12.2. The Morgan fingerprint density at radius 3 is 2.80 bits per heavy atom. The van der Waals surface area contributed by atoms with Crippen LogP contribution in [0.3, 0.4) is 0 Å². The Labute approximate surface area is 120 Å². The van der Waals surface area contributed by atoms with Gasteiger partial charge in [0.25, 0.3) is 0 Å². The van der Waals surface area contributed by atoms with Crippen molar-refractivity contribution >= 4 is 5.82 Å². The van der Waals surface area contributed by atoms with Gasteiger partial charge in [-0.3, -0.25) is 0 Å². The Morgan fingerprint density at radius 1 is 1.40 bits per heavy atom. The number of nitrogen functional groups attached to an aromatic ring is 1. The third-order valence-corrected chi connectivity index (χ3v) is 3.94. The summed E-state index contributed by atoms with van der Waals surface area (Å²) < 4.78 is 2.11. The first-order chi connectivity index (χ1) is 9.61. The fourth-order valence-corrected chi connectivity index (χ4v) is 2.65. The molecule has 1 fully saturated rings. The Balaban J connectivity index is 2.16. The molecule has 20 heavy (non-hydrogen) atoms. The summed E-state index contributed by atoms with van der Waals surface area (Å²) in [7, 11) is 0. The van der Waals surface area contributed by atoms with Gasteiger partial charge in [-0.15, -0.1) is 6.58 Å². The van der Waals surface area contributed by atoms with Gasteiger partial charge < -0.3 is 10.3 Å². The largest absolute Gasteiger partial charge is 0.383 e. The van der Waals surface area contributed by atoms with Crippen LogP contribution in [0.5, 0.6) is 0 Å². The van der Waals surface area contributed by atoms with E-state index in [9.17, 15) is 0 Å². The first-order valence-corrected chi connectivity index (χ1v) is 7.16. The van der Waals surface area contributed by atoms with Crippen LogP contribution < -0.4 is 5.73 Å². The molecule has 3 nitrogen and oxygen atoms in total. The molecule has 1 aliphatic carbocycles. The van der Waals surface area contributed by atoms with Crippen LogP contribution in [0.2, 0.25) is 0 Å². The molecule has 1 aromatic carbocycles. The van der Waals surface area contributed by atoms with Crippen LogP contribution in [0.15, 0.2) is 30.9 Å². The predicted octanol–water partition coefficient (Wildman–Crippen LogP) is 3.81. The number of imidazole rings is 1. The number of hydrogen-bond donors (Lipinski definition) is 1. The average Bonchev–Trinajstić information content (AvgIpc) is 3.21. The van der Waals surface area contributed by atoms with E-state index in [0.29, 0.717) is 5.92 Å². The summed E-state index contributed by atoms with van der Waals surface area (Å²) in [5, 5.41) is 0. The highest BCUT2D eigenvalue weighted by molar-refractivity contribution is 5.74. The maximum atomic E-state index is 6.36. The van der Waals surface area contributed by atoms with Gasteiger partial charge in [-0.2, -0.15) is 0 Å². The van der Waals surface area contributed by atoms with Crippen LogP contribution in [0.4, 0.5) is 5.82 Å². The third-order valence-electron chi connectivity index (χ3n) is 3.94. The van der Waals surface area contributed by atoms with E-state index in [2.05, 4.69) is 43.2 Å². The molecule has 1 aromatic heterocycles. The van der Waals surface area contributed by atoms with E-state index in [4.69, 9.17) is 10.7 Å². The monoisotopic (exact) mass is 267 g/mol. The van der Waals surface area contributed by atoms with Gasteiger partial charge in [0, 0.05) is 18.0 Å². The molecule has 0 bridgehead atoms. The van der Waals surface area contributed by atoms with Gasteiger partial charge >= 0.3 is 0 Å². The average molecular weight is 267 g/mol. The molecule has 1 saturated carbocycles. The molecule has 104 valence electrons. The molecular formula is C17H21N3. The summed E-state index contributed by atoms with van der Waals surface area (Å²) in [6.45, 7) is 8.77. The minimum atomic E-state index is 0.580. The zero-order valence-corrected chi connectivity index (χ0v) is 12.2. The molecule has 3 rings (SSSR count). The molecule has 1 heterocycles. The molecule has 2 aromatic rings. The van der Waals surface area contributed by atoms with Gasteiger partial charge in [0.15, 0.2) is 0 Å². The van der Waals surface area contributed by atoms with Crippen molar-refractivity contribution in [1.82, 2.24) is 9.55 Å². The molecule has 0 amide bonds. The Morgan fingerprint density at radius 2 is 2.15 bits per heavy atom. The van der Waals surface area contributed by atoms with Gasteiger partial charge in [0.1, 0.15) is 17.3 Å². The molecule has 0 atom stereocenters. The van der Waals surface area contributed by atoms with E-state index >= 15 is 0 Å². The van der Waals surface area contributed by atoms with E-state index in [1.807, 2.05) is 6.08 Å². The fraction of sp³-hybridized carbons (Fsp3) is 0.353. The predicted molar refractivity (Wildman–Crippen MR) is 83.7 cm³/mol. The first kappa shape index (κ1) is 13.0. The summed E-state index contributed by atoms with van der Waals surface area (Å²) in [6, 6.07) is 6.42. The normalized spacial score (nSPS) is 14.5. The number of allylic oxidation sites excluding steroid dienone is 1. The second-order valence-electron chi connectivity index (χ2n) is 5.70. The van der Waals surface area contributed by atoms with Crippen LogP contribution in [0, 0.1) is 13.8 Å². The lowest BCUT2D eigenvalue weighted by molar-refractivity contribution is 0.750. The van der Waals surface area contributed by atoms with Crippen molar-refractivity contribution in [1.29, 1.82) is 0 Å². The van der Waals surface area contributed by atoms with Gasteiger partial charge in [0.05, 0.1) is 0 Å². The van der Waals surface area contributed by atoms with Crippen molar-refractivity contribution in [2.75, 3.05) is 5.73 Å². The summed E-state index contributed by atoms with van der Waals surface area (Å²) in [5.74, 6) is 2.47. The number of nitrogens with two attached hydrogens (primary N) is 1. The Bertz CT molecular complexity index is 663. The number of aromatic nitrogens is 2. The molecule has 2 N–H and O–H groups in total. The van der Waals surface area contributed by atoms with Crippen molar-refractivity contribution in [3.05, 3.63) is 47.8 Å². The lowest BCUT2D eigenvalue weighted by atomic mass is 10.0. The lowest BCUT2D eigenvalue weighted by Gasteiger charge is -2.07. The summed E-state index contributed by atoms with van der Waals surface area (Å²) in [5.41, 5.74) is 10.9. The molecule has 1 aliphatic rings. The first-order valence-electron chi connectivity index (χ1n) is 7.16. The van der Waals surface area contributed by atoms with E-state index in [0.717, 1.165) is 29.4 Å². The van der Waals surface area contributed by atoms with Gasteiger partial charge in [-0.25, -0.2) is 4.98 Å². The number of rotatable bonds is 4. The van der Waals surface area contributed by atoms with Crippen molar-refractivity contribution in [3.63, 3.8) is 0 Å². The van der Waals surface area contributed by atoms with E-state index < -0.39 is 0 Å². The van der Waals surface area contributed by atoms with Crippen molar-refractivity contribution in [2.24, 2.45) is 0 Å². The number of hydrogen-bond acceptors (Lipinski definition) is 2. The van der Waals surface area contributed by atoms with E-state index in [1.54, 1.807) is 0 Å². The maximum absolute atomic E-state index is 6.36. The lowest BCUT2D eigenvalue weighted by Crippen LogP contribution is -2.05. The van der Waals surface area contributed by atoms with Crippen LogP contribution in [-0.2, 0) is 6.54 Å². The maximum Gasteiger partial charge on any atom is 0.132 e. The molecular weight excluding hydrogens is 246 g/mol. The van der Waals surface area contributed by atoms with E-state index in [-0.39, 0.29) is 0 Å². The Hall–Kier alpha value is -2.03. The quantitative estimate of drug-likeness (QED) is 0.856. The fourth-order valence-electron chi connectivity index (χ4n) is 2.65. The van der Waals surface area contributed by atoms with Crippen LogP contribution >= 0.6 is 0 Å². The topological polar surface area (TPSA) is 43.8 Å². The second-order valence-corrected chi connectivity index (χ2v) is 5.70. The van der Waals surface area contributed by atoms with Gasteiger partial charge in [-0.05, 0) is 38.3 Å². The van der Waals surface area contributed by atoms with Crippen molar-refractivity contribution in [2.45, 2.75) is 39.2 Å². The highest BCUT2D eigenvalue weighted by Gasteiger charge is 2.30. The van der Waals surface area contributed by atoms with Crippen LogP contribution in [0.25, 0.3) is 11.3 Å².